The molecule has 0 aliphatic heterocycles. The number of oxazole rings is 1. The van der Waals surface area contributed by atoms with Gasteiger partial charge < -0.3 is 13.9 Å². The van der Waals surface area contributed by atoms with Gasteiger partial charge in [-0.15, -0.1) is 0 Å². The number of hydrazone groups is 1. The van der Waals surface area contributed by atoms with Crippen LogP contribution in [0.3, 0.4) is 0 Å². The number of methoxy groups -OCH3 is 2. The number of anilines is 1. The molecule has 0 bridgehead atoms. The minimum atomic E-state index is 0.665. The summed E-state index contributed by atoms with van der Waals surface area (Å²) in [7, 11) is 3.21. The highest BCUT2D eigenvalue weighted by atomic mass is 16.5. The van der Waals surface area contributed by atoms with E-state index in [4.69, 9.17) is 13.9 Å². The lowest BCUT2D eigenvalue weighted by molar-refractivity contribution is 0.355. The van der Waals surface area contributed by atoms with Crippen LogP contribution >= 0.6 is 0 Å². The van der Waals surface area contributed by atoms with Gasteiger partial charge in [0.2, 0.25) is 0 Å². The van der Waals surface area contributed by atoms with Crippen molar-refractivity contribution in [1.82, 2.24) is 4.98 Å². The first-order valence-electron chi connectivity index (χ1n) is 7.30. The third-order valence-corrected chi connectivity index (χ3v) is 3.42. The van der Waals surface area contributed by atoms with Crippen LogP contribution in [0.5, 0.6) is 11.5 Å². The van der Waals surface area contributed by atoms with Crippen LogP contribution in [0, 0.1) is 0 Å². The molecule has 0 spiro atoms. The SMILES string of the molecule is COc1ccc(/C=N/Nc2ccc(-c3cnco3)cc2)cc1OC. The average Bonchev–Trinajstić information content (AvgIpc) is 3.17. The summed E-state index contributed by atoms with van der Waals surface area (Å²) in [4.78, 5) is 3.91. The molecule has 1 aromatic heterocycles. The van der Waals surface area contributed by atoms with Crippen LogP contribution in [-0.2, 0) is 0 Å². The smallest absolute Gasteiger partial charge is 0.181 e. The molecule has 2 aromatic carbocycles. The molecule has 0 saturated carbocycles. The third-order valence-electron chi connectivity index (χ3n) is 3.42. The molecule has 3 rings (SSSR count). The van der Waals surface area contributed by atoms with Crippen molar-refractivity contribution in [3.8, 4) is 22.8 Å². The summed E-state index contributed by atoms with van der Waals surface area (Å²) in [5, 5.41) is 4.23. The Hall–Kier alpha value is -3.28. The summed E-state index contributed by atoms with van der Waals surface area (Å²) in [5.41, 5.74) is 5.71. The van der Waals surface area contributed by atoms with Crippen molar-refractivity contribution >= 4 is 11.9 Å². The lowest BCUT2D eigenvalue weighted by Crippen LogP contribution is -1.94. The minimum absolute atomic E-state index is 0.665. The van der Waals surface area contributed by atoms with E-state index in [-0.39, 0.29) is 0 Å². The minimum Gasteiger partial charge on any atom is -0.493 e. The first-order valence-corrected chi connectivity index (χ1v) is 7.30. The summed E-state index contributed by atoms with van der Waals surface area (Å²) in [6.07, 6.45) is 4.80. The van der Waals surface area contributed by atoms with E-state index in [2.05, 4.69) is 15.5 Å². The molecule has 1 heterocycles. The van der Waals surface area contributed by atoms with Gasteiger partial charge in [0.1, 0.15) is 0 Å². The second-order valence-electron chi connectivity index (χ2n) is 4.93. The fraction of sp³-hybridized carbons (Fsp3) is 0.111. The maximum atomic E-state index is 5.27. The van der Waals surface area contributed by atoms with Crippen LogP contribution in [0.4, 0.5) is 5.69 Å². The molecular formula is C18H17N3O3. The Kier molecular flexibility index (Phi) is 4.76. The Morgan fingerprint density at radius 2 is 1.83 bits per heavy atom. The van der Waals surface area contributed by atoms with E-state index >= 15 is 0 Å². The van der Waals surface area contributed by atoms with Gasteiger partial charge in [0.15, 0.2) is 23.7 Å². The zero-order chi connectivity index (χ0) is 16.8. The maximum absolute atomic E-state index is 5.27. The van der Waals surface area contributed by atoms with Gasteiger partial charge in [-0.1, -0.05) is 0 Å². The highest BCUT2D eigenvalue weighted by Crippen LogP contribution is 2.27. The molecule has 0 amide bonds. The number of hydrogen-bond acceptors (Lipinski definition) is 6. The summed E-state index contributed by atoms with van der Waals surface area (Å²) in [5.74, 6) is 2.08. The summed E-state index contributed by atoms with van der Waals surface area (Å²) >= 11 is 0. The molecule has 0 radical (unpaired) electrons. The van der Waals surface area contributed by atoms with Crippen molar-refractivity contribution in [3.05, 3.63) is 60.6 Å². The highest BCUT2D eigenvalue weighted by Gasteiger charge is 2.03. The van der Waals surface area contributed by atoms with E-state index < -0.39 is 0 Å². The molecule has 6 nitrogen and oxygen atoms in total. The molecule has 0 aliphatic rings. The standard InChI is InChI=1S/C18H17N3O3/c1-22-16-8-3-13(9-17(16)23-2)10-20-21-15-6-4-14(5-7-15)18-11-19-12-24-18/h3-12,21H,1-2H3/b20-10+. The van der Waals surface area contributed by atoms with Gasteiger partial charge in [0, 0.05) is 5.56 Å². The number of nitrogens with one attached hydrogen (secondary N) is 1. The van der Waals surface area contributed by atoms with E-state index in [1.165, 1.54) is 6.39 Å². The van der Waals surface area contributed by atoms with Crippen LogP contribution in [0.1, 0.15) is 5.56 Å². The van der Waals surface area contributed by atoms with Crippen LogP contribution < -0.4 is 14.9 Å². The molecule has 3 aromatic rings. The fourth-order valence-electron chi connectivity index (χ4n) is 2.18. The number of ether oxygens (including phenoxy) is 2. The van der Waals surface area contributed by atoms with Gasteiger partial charge in [-0.25, -0.2) is 4.98 Å². The highest BCUT2D eigenvalue weighted by molar-refractivity contribution is 5.81. The lowest BCUT2D eigenvalue weighted by Gasteiger charge is -2.07. The quantitative estimate of drug-likeness (QED) is 0.552. The Bertz CT molecular complexity index is 812. The van der Waals surface area contributed by atoms with Crippen molar-refractivity contribution in [1.29, 1.82) is 0 Å². The largest absolute Gasteiger partial charge is 0.493 e. The summed E-state index contributed by atoms with van der Waals surface area (Å²) in [6, 6.07) is 13.3. The van der Waals surface area contributed by atoms with E-state index in [1.807, 2.05) is 42.5 Å². The first kappa shape index (κ1) is 15.6. The molecular weight excluding hydrogens is 306 g/mol. The van der Waals surface area contributed by atoms with Gasteiger partial charge in [0.05, 0.1) is 32.3 Å². The zero-order valence-electron chi connectivity index (χ0n) is 13.4. The molecule has 122 valence electrons. The molecule has 0 atom stereocenters. The number of hydrogen-bond donors (Lipinski definition) is 1. The predicted octanol–water partition coefficient (Wildman–Crippen LogP) is 3.80. The van der Waals surface area contributed by atoms with E-state index in [0.29, 0.717) is 11.5 Å². The predicted molar refractivity (Wildman–Crippen MR) is 92.7 cm³/mol. The third kappa shape index (κ3) is 3.55. The number of nitrogens with zero attached hydrogens (tertiary/aromatic N) is 2. The van der Waals surface area contributed by atoms with E-state index in [0.717, 1.165) is 22.6 Å². The Morgan fingerprint density at radius 1 is 1.04 bits per heavy atom. The molecule has 0 saturated heterocycles. The second kappa shape index (κ2) is 7.32. The van der Waals surface area contributed by atoms with Crippen LogP contribution in [0.25, 0.3) is 11.3 Å². The van der Waals surface area contributed by atoms with Crippen molar-refractivity contribution in [2.75, 3.05) is 19.6 Å². The molecule has 1 N–H and O–H groups in total. The molecule has 6 heteroatoms. The number of benzene rings is 2. The van der Waals surface area contributed by atoms with Crippen LogP contribution in [-0.4, -0.2) is 25.4 Å². The van der Waals surface area contributed by atoms with Crippen molar-refractivity contribution in [2.24, 2.45) is 5.10 Å². The maximum Gasteiger partial charge on any atom is 0.181 e. The molecule has 0 aliphatic carbocycles. The van der Waals surface area contributed by atoms with Gasteiger partial charge in [-0.2, -0.15) is 5.10 Å². The molecule has 0 unspecified atom stereocenters. The average molecular weight is 323 g/mol. The summed E-state index contributed by atoms with van der Waals surface area (Å²) < 4.78 is 15.7. The van der Waals surface area contributed by atoms with Gasteiger partial charge >= 0.3 is 0 Å². The monoisotopic (exact) mass is 323 g/mol. The second-order valence-corrected chi connectivity index (χ2v) is 4.93. The van der Waals surface area contributed by atoms with Crippen molar-refractivity contribution < 1.29 is 13.9 Å². The Labute approximate surface area is 139 Å². The van der Waals surface area contributed by atoms with E-state index in [9.17, 15) is 0 Å². The topological polar surface area (TPSA) is 68.9 Å². The summed E-state index contributed by atoms with van der Waals surface area (Å²) in [6.45, 7) is 0. The fourth-order valence-corrected chi connectivity index (χ4v) is 2.18. The van der Waals surface area contributed by atoms with Crippen LogP contribution in [0.15, 0.2) is 64.6 Å². The zero-order valence-corrected chi connectivity index (χ0v) is 13.4. The van der Waals surface area contributed by atoms with Gasteiger partial charge in [-0.05, 0) is 48.0 Å². The first-order chi connectivity index (χ1) is 11.8. The Balaban J connectivity index is 1.66. The van der Waals surface area contributed by atoms with Crippen molar-refractivity contribution in [2.45, 2.75) is 0 Å². The molecule has 0 fully saturated rings. The van der Waals surface area contributed by atoms with Gasteiger partial charge in [0.25, 0.3) is 0 Å². The van der Waals surface area contributed by atoms with E-state index in [1.54, 1.807) is 26.6 Å². The van der Waals surface area contributed by atoms with Crippen molar-refractivity contribution in [3.63, 3.8) is 0 Å². The van der Waals surface area contributed by atoms with Crippen LogP contribution in [0.2, 0.25) is 0 Å². The number of rotatable bonds is 6. The normalized spacial score (nSPS) is 10.8. The number of aromatic nitrogens is 1. The van der Waals surface area contributed by atoms with Gasteiger partial charge in [-0.3, -0.25) is 5.43 Å². The lowest BCUT2D eigenvalue weighted by atomic mass is 10.2. The Morgan fingerprint density at radius 3 is 2.50 bits per heavy atom. The molecule has 24 heavy (non-hydrogen) atoms.